The van der Waals surface area contributed by atoms with E-state index in [0.717, 1.165) is 34.7 Å². The number of methoxy groups -OCH3 is 1. The fraction of sp³-hybridized carbons (Fsp3) is 0.308. The molecule has 1 aromatic carbocycles. The summed E-state index contributed by atoms with van der Waals surface area (Å²) in [6.07, 6.45) is 0.784. The van der Waals surface area contributed by atoms with Gasteiger partial charge in [-0.1, -0.05) is 11.6 Å². The summed E-state index contributed by atoms with van der Waals surface area (Å²) in [5, 5.41) is 7.95. The molecular weight excluding hydrogens is 250 g/mol. The number of aromatic amines is 1. The number of nitrogens with one attached hydrogen (secondary N) is 1. The van der Waals surface area contributed by atoms with Gasteiger partial charge in [0.25, 0.3) is 0 Å². The summed E-state index contributed by atoms with van der Waals surface area (Å²) in [6.45, 7) is 2.61. The third kappa shape index (κ3) is 2.35. The van der Waals surface area contributed by atoms with Crippen LogP contribution in [0.3, 0.4) is 0 Å². The Bertz CT molecular complexity index is 551. The van der Waals surface area contributed by atoms with Gasteiger partial charge >= 0.3 is 0 Å². The van der Waals surface area contributed by atoms with Crippen LogP contribution in [-0.2, 0) is 6.42 Å². The lowest BCUT2D eigenvalue weighted by molar-refractivity contribution is 0.415. The molecule has 0 spiro atoms. The zero-order chi connectivity index (χ0) is 13.1. The van der Waals surface area contributed by atoms with Crippen molar-refractivity contribution in [3.05, 3.63) is 34.5 Å². The zero-order valence-corrected chi connectivity index (χ0v) is 11.2. The molecule has 0 saturated heterocycles. The van der Waals surface area contributed by atoms with E-state index < -0.39 is 0 Å². The summed E-state index contributed by atoms with van der Waals surface area (Å²) >= 11 is 6.24. The Hall–Kier alpha value is -1.52. The average Bonchev–Trinajstić information content (AvgIpc) is 2.72. The van der Waals surface area contributed by atoms with Crippen molar-refractivity contribution < 1.29 is 4.74 Å². The van der Waals surface area contributed by atoms with Crippen LogP contribution in [0.5, 0.6) is 5.75 Å². The van der Waals surface area contributed by atoms with Gasteiger partial charge in [-0.3, -0.25) is 5.10 Å². The highest BCUT2D eigenvalue weighted by Gasteiger charge is 2.13. The van der Waals surface area contributed by atoms with Crippen molar-refractivity contribution in [2.45, 2.75) is 13.3 Å². The van der Waals surface area contributed by atoms with Crippen molar-refractivity contribution >= 4 is 11.6 Å². The van der Waals surface area contributed by atoms with Crippen LogP contribution in [0.2, 0.25) is 5.02 Å². The molecule has 2 aromatic rings. The first-order chi connectivity index (χ1) is 8.67. The number of nitrogens with two attached hydrogens (primary N) is 1. The molecule has 0 aliphatic heterocycles. The SMILES string of the molecule is COc1ccc(-c2n[nH]c(CCN)c2C)c(Cl)c1. The molecule has 0 aliphatic rings. The molecule has 1 heterocycles. The Kier molecular flexibility index (Phi) is 3.89. The van der Waals surface area contributed by atoms with Crippen molar-refractivity contribution in [2.24, 2.45) is 5.73 Å². The highest BCUT2D eigenvalue weighted by atomic mass is 35.5. The Balaban J connectivity index is 2.42. The van der Waals surface area contributed by atoms with Crippen LogP contribution >= 0.6 is 11.6 Å². The third-order valence-electron chi connectivity index (χ3n) is 2.94. The molecular formula is C13H16ClN3O. The number of benzene rings is 1. The highest BCUT2D eigenvalue weighted by molar-refractivity contribution is 6.33. The van der Waals surface area contributed by atoms with Crippen LogP contribution < -0.4 is 10.5 Å². The van der Waals surface area contributed by atoms with Gasteiger partial charge in [0.1, 0.15) is 5.75 Å². The lowest BCUT2D eigenvalue weighted by atomic mass is 10.1. The lowest BCUT2D eigenvalue weighted by Crippen LogP contribution is -2.03. The summed E-state index contributed by atoms with van der Waals surface area (Å²) in [6, 6.07) is 5.57. The van der Waals surface area contributed by atoms with Crippen molar-refractivity contribution in [1.29, 1.82) is 0 Å². The molecule has 96 valence electrons. The molecule has 4 nitrogen and oxygen atoms in total. The predicted octanol–water partition coefficient (Wildman–Crippen LogP) is 2.55. The molecule has 0 saturated carbocycles. The zero-order valence-electron chi connectivity index (χ0n) is 10.5. The van der Waals surface area contributed by atoms with Gasteiger partial charge in [0, 0.05) is 17.7 Å². The van der Waals surface area contributed by atoms with Crippen LogP contribution in [-0.4, -0.2) is 23.9 Å². The molecule has 18 heavy (non-hydrogen) atoms. The Morgan fingerprint density at radius 2 is 2.22 bits per heavy atom. The maximum atomic E-state index is 6.24. The normalized spacial score (nSPS) is 10.7. The van der Waals surface area contributed by atoms with Gasteiger partial charge in [-0.05, 0) is 37.2 Å². The van der Waals surface area contributed by atoms with Crippen LogP contribution in [0, 0.1) is 6.92 Å². The lowest BCUT2D eigenvalue weighted by Gasteiger charge is -2.05. The van der Waals surface area contributed by atoms with Crippen LogP contribution in [0.15, 0.2) is 18.2 Å². The number of ether oxygens (including phenoxy) is 1. The first-order valence-electron chi connectivity index (χ1n) is 5.75. The van der Waals surface area contributed by atoms with E-state index in [-0.39, 0.29) is 0 Å². The van der Waals surface area contributed by atoms with Crippen molar-refractivity contribution in [1.82, 2.24) is 10.2 Å². The van der Waals surface area contributed by atoms with Crippen molar-refractivity contribution in [3.63, 3.8) is 0 Å². The van der Waals surface area contributed by atoms with Gasteiger partial charge in [0.05, 0.1) is 17.8 Å². The van der Waals surface area contributed by atoms with Crippen LogP contribution in [0.1, 0.15) is 11.3 Å². The van der Waals surface area contributed by atoms with Gasteiger partial charge in [0.15, 0.2) is 0 Å². The minimum atomic E-state index is 0.596. The molecule has 0 amide bonds. The Labute approximate surface area is 111 Å². The molecule has 1 aromatic heterocycles. The fourth-order valence-electron chi connectivity index (χ4n) is 1.90. The number of halogens is 1. The summed E-state index contributed by atoms with van der Waals surface area (Å²) in [7, 11) is 1.62. The second-order valence-electron chi connectivity index (χ2n) is 4.06. The van der Waals surface area contributed by atoms with Crippen molar-refractivity contribution in [2.75, 3.05) is 13.7 Å². The molecule has 0 bridgehead atoms. The third-order valence-corrected chi connectivity index (χ3v) is 3.25. The average molecular weight is 266 g/mol. The molecule has 0 unspecified atom stereocenters. The molecule has 5 heteroatoms. The van der Waals surface area contributed by atoms with E-state index in [1.165, 1.54) is 0 Å². The first-order valence-corrected chi connectivity index (χ1v) is 6.13. The summed E-state index contributed by atoms with van der Waals surface area (Å²) in [4.78, 5) is 0. The second kappa shape index (κ2) is 5.42. The molecule has 0 fully saturated rings. The molecule has 2 rings (SSSR count). The van der Waals surface area contributed by atoms with Crippen molar-refractivity contribution in [3.8, 4) is 17.0 Å². The summed E-state index contributed by atoms with van der Waals surface area (Å²) < 4.78 is 5.13. The van der Waals surface area contributed by atoms with Gasteiger partial charge in [-0.25, -0.2) is 0 Å². The standard InChI is InChI=1S/C13H16ClN3O/c1-8-12(5-6-15)16-17-13(8)10-4-3-9(18-2)7-11(10)14/h3-4,7H,5-6,15H2,1-2H3,(H,16,17). The maximum Gasteiger partial charge on any atom is 0.120 e. The minimum absolute atomic E-state index is 0.596. The number of rotatable bonds is 4. The predicted molar refractivity (Wildman–Crippen MR) is 73.1 cm³/mol. The smallest absolute Gasteiger partial charge is 0.120 e. The van der Waals surface area contributed by atoms with E-state index >= 15 is 0 Å². The molecule has 3 N–H and O–H groups in total. The fourth-order valence-corrected chi connectivity index (χ4v) is 2.16. The quantitative estimate of drug-likeness (QED) is 0.893. The number of nitrogens with zero attached hydrogens (tertiary/aromatic N) is 1. The number of H-pyrrole nitrogens is 1. The summed E-state index contributed by atoms with van der Waals surface area (Å²) in [5.74, 6) is 0.735. The minimum Gasteiger partial charge on any atom is -0.497 e. The van der Waals surface area contributed by atoms with Gasteiger partial charge in [-0.2, -0.15) is 5.10 Å². The van der Waals surface area contributed by atoms with E-state index in [9.17, 15) is 0 Å². The number of aromatic nitrogens is 2. The second-order valence-corrected chi connectivity index (χ2v) is 4.47. The molecule has 0 radical (unpaired) electrons. The van der Waals surface area contributed by atoms with E-state index in [1.807, 2.05) is 19.1 Å². The van der Waals surface area contributed by atoms with Gasteiger partial charge in [0.2, 0.25) is 0 Å². The van der Waals surface area contributed by atoms with E-state index in [1.54, 1.807) is 13.2 Å². The first kappa shape index (κ1) is 12.9. The Morgan fingerprint density at radius 1 is 1.44 bits per heavy atom. The van der Waals surface area contributed by atoms with E-state index in [0.29, 0.717) is 11.6 Å². The number of hydrogen-bond acceptors (Lipinski definition) is 3. The number of hydrogen-bond donors (Lipinski definition) is 2. The van der Waals surface area contributed by atoms with Gasteiger partial charge < -0.3 is 10.5 Å². The largest absolute Gasteiger partial charge is 0.497 e. The monoisotopic (exact) mass is 265 g/mol. The van der Waals surface area contributed by atoms with Crippen LogP contribution in [0.4, 0.5) is 0 Å². The summed E-state index contributed by atoms with van der Waals surface area (Å²) in [5.41, 5.74) is 9.46. The molecule has 0 aliphatic carbocycles. The van der Waals surface area contributed by atoms with Crippen LogP contribution in [0.25, 0.3) is 11.3 Å². The van der Waals surface area contributed by atoms with E-state index in [2.05, 4.69) is 10.2 Å². The Morgan fingerprint density at radius 3 is 2.83 bits per heavy atom. The molecule has 0 atom stereocenters. The van der Waals surface area contributed by atoms with Gasteiger partial charge in [-0.15, -0.1) is 0 Å². The highest BCUT2D eigenvalue weighted by Crippen LogP contribution is 2.32. The van der Waals surface area contributed by atoms with E-state index in [4.69, 9.17) is 22.1 Å². The maximum absolute atomic E-state index is 6.24. The topological polar surface area (TPSA) is 63.9 Å².